The van der Waals surface area contributed by atoms with Crippen LogP contribution >= 0.6 is 0 Å². The molecule has 0 amide bonds. The molecule has 5 aliphatic rings. The molecule has 0 aliphatic carbocycles. The van der Waals surface area contributed by atoms with Gasteiger partial charge in [-0.05, 0) is 0 Å². The number of aliphatic hydroxyl groups excluding tert-OH is 17. The van der Waals surface area contributed by atoms with Crippen molar-refractivity contribution in [2.75, 3.05) is 33.0 Å². The molecular formula is C30H52O26. The van der Waals surface area contributed by atoms with Gasteiger partial charge in [-0.25, -0.2) is 0 Å². The van der Waals surface area contributed by atoms with E-state index in [0.717, 1.165) is 0 Å². The van der Waals surface area contributed by atoms with Crippen molar-refractivity contribution in [1.29, 1.82) is 0 Å². The van der Waals surface area contributed by atoms with Crippen molar-refractivity contribution < 1.29 is 129 Å². The van der Waals surface area contributed by atoms with Gasteiger partial charge in [0, 0.05) is 0 Å². The summed E-state index contributed by atoms with van der Waals surface area (Å²) in [6.07, 6.45) is -45.8. The third kappa shape index (κ3) is 9.16. The first-order valence-corrected chi connectivity index (χ1v) is 17.6. The molecule has 25 atom stereocenters. The third-order valence-corrected chi connectivity index (χ3v) is 10.3. The van der Waals surface area contributed by atoms with Crippen molar-refractivity contribution in [3.63, 3.8) is 0 Å². The Morgan fingerprint density at radius 1 is 0.268 bits per heavy atom. The minimum atomic E-state index is -2.12. The second-order valence-electron chi connectivity index (χ2n) is 13.9. The van der Waals surface area contributed by atoms with Crippen molar-refractivity contribution in [1.82, 2.24) is 0 Å². The van der Waals surface area contributed by atoms with Gasteiger partial charge >= 0.3 is 0 Å². The topological polar surface area (TPSA) is 427 Å². The quantitative estimate of drug-likeness (QED) is 0.0819. The molecule has 26 heteroatoms. The minimum absolute atomic E-state index is 0.811. The molecule has 5 fully saturated rings. The third-order valence-electron chi connectivity index (χ3n) is 10.3. The van der Waals surface area contributed by atoms with E-state index in [9.17, 15) is 86.8 Å². The standard InChI is InChI=1S/C30H52O26/c31-1-6-11(36)12(37)18(43)27(49-6)54-23-8(3-33)51-29(20(45)14(23)39)56-25-10(5-35)52-30(21(46)16(25)41)55-24-9(4-34)50-28(19(44)15(24)40)53-22-7(2-32)48-26(47)17(42)13(22)38/h6-47H,1-5H2/t6-,7+,8-,9-,10-,11-,12+,13+,14-,15-,16-,17+,18+,19+,20+,21+,22+,23-,24-,25-,26+,27+,28+,29+,30+/m1/s1. The second-order valence-corrected chi connectivity index (χ2v) is 13.9. The Balaban J connectivity index is 1.22. The molecule has 17 N–H and O–H groups in total. The Bertz CT molecular complexity index is 1200. The van der Waals surface area contributed by atoms with Crippen molar-refractivity contribution in [2.45, 2.75) is 154 Å². The van der Waals surface area contributed by atoms with Gasteiger partial charge in [-0.2, -0.15) is 0 Å². The predicted molar refractivity (Wildman–Crippen MR) is 167 cm³/mol. The van der Waals surface area contributed by atoms with Gasteiger partial charge in [-0.1, -0.05) is 0 Å². The molecule has 0 aromatic heterocycles. The maximum absolute atomic E-state index is 11.1. The first-order chi connectivity index (χ1) is 26.5. The molecule has 5 rings (SSSR count). The second kappa shape index (κ2) is 19.6. The molecule has 0 bridgehead atoms. The van der Waals surface area contributed by atoms with Gasteiger partial charge < -0.3 is 129 Å². The molecule has 0 radical (unpaired) electrons. The average molecular weight is 829 g/mol. The summed E-state index contributed by atoms with van der Waals surface area (Å²) in [5.74, 6) is 0. The Labute approximate surface area is 316 Å². The zero-order valence-corrected chi connectivity index (χ0v) is 29.2. The fraction of sp³-hybridized carbons (Fsp3) is 1.00. The first-order valence-electron chi connectivity index (χ1n) is 17.6. The van der Waals surface area contributed by atoms with Crippen LogP contribution in [0.15, 0.2) is 0 Å². The van der Waals surface area contributed by atoms with Crippen LogP contribution in [0.3, 0.4) is 0 Å². The highest BCUT2D eigenvalue weighted by Gasteiger charge is 2.56. The van der Waals surface area contributed by atoms with Gasteiger partial charge in [-0.15, -0.1) is 0 Å². The Kier molecular flexibility index (Phi) is 16.1. The lowest BCUT2D eigenvalue weighted by atomic mass is 9.95. The van der Waals surface area contributed by atoms with E-state index in [0.29, 0.717) is 0 Å². The van der Waals surface area contributed by atoms with E-state index >= 15 is 0 Å². The lowest BCUT2D eigenvalue weighted by Crippen LogP contribution is -2.68. The zero-order chi connectivity index (χ0) is 41.3. The summed E-state index contributed by atoms with van der Waals surface area (Å²) < 4.78 is 49.1. The number of hydrogen-bond donors (Lipinski definition) is 17. The van der Waals surface area contributed by atoms with Crippen LogP contribution in [0.2, 0.25) is 0 Å². The Morgan fingerprint density at radius 2 is 0.518 bits per heavy atom. The summed E-state index contributed by atoms with van der Waals surface area (Å²) in [7, 11) is 0. The largest absolute Gasteiger partial charge is 0.394 e. The molecule has 5 saturated heterocycles. The van der Waals surface area contributed by atoms with E-state index in [1.807, 2.05) is 0 Å². The number of ether oxygens (including phenoxy) is 9. The van der Waals surface area contributed by atoms with Gasteiger partial charge in [-0.3, -0.25) is 0 Å². The molecule has 5 heterocycles. The van der Waals surface area contributed by atoms with Gasteiger partial charge in [0.25, 0.3) is 0 Å². The van der Waals surface area contributed by atoms with E-state index in [-0.39, 0.29) is 0 Å². The molecule has 328 valence electrons. The smallest absolute Gasteiger partial charge is 0.187 e. The molecule has 0 unspecified atom stereocenters. The molecule has 0 aromatic carbocycles. The van der Waals surface area contributed by atoms with Crippen molar-refractivity contribution in [3.8, 4) is 0 Å². The summed E-state index contributed by atoms with van der Waals surface area (Å²) in [5.41, 5.74) is 0. The predicted octanol–water partition coefficient (Wildman–Crippen LogP) is -11.9. The van der Waals surface area contributed by atoms with Crippen LogP contribution < -0.4 is 0 Å². The van der Waals surface area contributed by atoms with E-state index in [4.69, 9.17) is 42.6 Å². The molecule has 56 heavy (non-hydrogen) atoms. The number of aliphatic hydroxyl groups is 17. The van der Waals surface area contributed by atoms with Gasteiger partial charge in [0.15, 0.2) is 31.5 Å². The van der Waals surface area contributed by atoms with Crippen molar-refractivity contribution in [3.05, 3.63) is 0 Å². The van der Waals surface area contributed by atoms with E-state index in [1.54, 1.807) is 0 Å². The molecule has 26 nitrogen and oxygen atoms in total. The fourth-order valence-electron chi connectivity index (χ4n) is 7.03. The minimum Gasteiger partial charge on any atom is -0.394 e. The van der Waals surface area contributed by atoms with Crippen LogP contribution in [0.4, 0.5) is 0 Å². The summed E-state index contributed by atoms with van der Waals surface area (Å²) in [4.78, 5) is 0. The highest BCUT2D eigenvalue weighted by molar-refractivity contribution is 4.99. The molecule has 0 aromatic rings. The van der Waals surface area contributed by atoms with Crippen LogP contribution in [-0.4, -0.2) is 273 Å². The maximum atomic E-state index is 11.1. The maximum Gasteiger partial charge on any atom is 0.187 e. The van der Waals surface area contributed by atoms with Gasteiger partial charge in [0.2, 0.25) is 0 Å². The number of hydrogen-bond acceptors (Lipinski definition) is 26. The van der Waals surface area contributed by atoms with Crippen molar-refractivity contribution >= 4 is 0 Å². The lowest BCUT2D eigenvalue weighted by molar-refractivity contribution is -0.392. The van der Waals surface area contributed by atoms with Crippen LogP contribution in [0.5, 0.6) is 0 Å². The van der Waals surface area contributed by atoms with Crippen LogP contribution in [0.25, 0.3) is 0 Å². The van der Waals surface area contributed by atoms with Crippen LogP contribution in [0, 0.1) is 0 Å². The summed E-state index contributed by atoms with van der Waals surface area (Å²) >= 11 is 0. The highest BCUT2D eigenvalue weighted by atomic mass is 16.8. The molecule has 5 aliphatic heterocycles. The van der Waals surface area contributed by atoms with E-state index in [2.05, 4.69) is 0 Å². The molecule has 0 spiro atoms. The average Bonchev–Trinajstić information content (AvgIpc) is 3.19. The Morgan fingerprint density at radius 3 is 0.821 bits per heavy atom. The summed E-state index contributed by atoms with van der Waals surface area (Å²) in [5, 5.41) is 176. The highest BCUT2D eigenvalue weighted by Crippen LogP contribution is 2.35. The zero-order valence-electron chi connectivity index (χ0n) is 29.2. The van der Waals surface area contributed by atoms with Crippen LogP contribution in [-0.2, 0) is 42.6 Å². The number of rotatable bonds is 13. The summed E-state index contributed by atoms with van der Waals surface area (Å²) in [6, 6.07) is 0. The SMILES string of the molecule is OC[C@@H]1O[C@H](O)[C@@H](O)[C@H](O)[C@H]1O[C@@H]1O[C@H](CO)[C@@H](O[C@@H]2O[C@H](CO)[C@@H](O[C@@H]3O[C@H](CO)[C@@H](O[C@@H]4O[C@H](CO)[C@@H](O)[C@H](O)[C@@H]4O)[C@H](O)[C@@H]3O)[C@H](O)[C@@H]2O)[C@H](O)[C@@H]1O. The summed E-state index contributed by atoms with van der Waals surface area (Å²) in [6.45, 7) is -4.51. The Hall–Kier alpha value is -1.04. The first kappa shape index (κ1) is 46.0. The van der Waals surface area contributed by atoms with Crippen LogP contribution in [0.1, 0.15) is 0 Å². The van der Waals surface area contributed by atoms with Gasteiger partial charge in [0.05, 0.1) is 33.0 Å². The monoisotopic (exact) mass is 828 g/mol. The van der Waals surface area contributed by atoms with E-state index in [1.165, 1.54) is 0 Å². The fourth-order valence-corrected chi connectivity index (χ4v) is 7.03. The van der Waals surface area contributed by atoms with Gasteiger partial charge in [0.1, 0.15) is 122 Å². The lowest BCUT2D eigenvalue weighted by Gasteiger charge is -2.49. The van der Waals surface area contributed by atoms with E-state index < -0.39 is 187 Å². The molecule has 0 saturated carbocycles. The van der Waals surface area contributed by atoms with Crippen molar-refractivity contribution in [2.24, 2.45) is 0 Å². The molecular weight excluding hydrogens is 776 g/mol. The normalized spacial score (nSPS) is 53.2.